The average molecular weight is 290 g/mol. The van der Waals surface area contributed by atoms with Crippen LogP contribution in [-0.4, -0.2) is 24.8 Å². The van der Waals surface area contributed by atoms with Crippen molar-refractivity contribution in [2.45, 2.75) is 0 Å². The molecular weight excluding hydrogens is 274 g/mol. The Bertz CT molecular complexity index is 669. The fourth-order valence-electron chi connectivity index (χ4n) is 2.63. The van der Waals surface area contributed by atoms with Gasteiger partial charge in [0.25, 0.3) is 0 Å². The molecule has 0 amide bonds. The van der Waals surface area contributed by atoms with E-state index >= 15 is 0 Å². The van der Waals surface area contributed by atoms with Crippen LogP contribution in [0.3, 0.4) is 0 Å². The van der Waals surface area contributed by atoms with E-state index < -0.39 is 11.6 Å². The standard InChI is InChI=1S/C16H16F2N2O/c17-13-6-14(18)15(19)5-12(13)11-3-1-2-4-16(11)20-7-10(8-20)9-21/h1-6,10,21H,7-9,19H2. The minimum atomic E-state index is -0.752. The van der Waals surface area contributed by atoms with E-state index in [9.17, 15) is 8.78 Å². The lowest BCUT2D eigenvalue weighted by molar-refractivity contribution is 0.201. The van der Waals surface area contributed by atoms with Crippen molar-refractivity contribution >= 4 is 11.4 Å². The average Bonchev–Trinajstić information content (AvgIpc) is 2.42. The van der Waals surface area contributed by atoms with Gasteiger partial charge in [-0.3, -0.25) is 0 Å². The van der Waals surface area contributed by atoms with E-state index in [0.717, 1.165) is 24.8 Å². The Balaban J connectivity index is 2.02. The van der Waals surface area contributed by atoms with Crippen LogP contribution >= 0.6 is 0 Å². The predicted octanol–water partition coefficient (Wildman–Crippen LogP) is 2.64. The Labute approximate surface area is 121 Å². The third kappa shape index (κ3) is 2.45. The summed E-state index contributed by atoms with van der Waals surface area (Å²) in [7, 11) is 0. The van der Waals surface area contributed by atoms with Crippen molar-refractivity contribution in [2.75, 3.05) is 30.3 Å². The first kappa shape index (κ1) is 13.8. The lowest BCUT2D eigenvalue weighted by Crippen LogP contribution is -2.48. The Morgan fingerprint density at radius 2 is 1.81 bits per heavy atom. The van der Waals surface area contributed by atoms with Gasteiger partial charge in [-0.25, -0.2) is 8.78 Å². The highest BCUT2D eigenvalue weighted by Crippen LogP contribution is 2.37. The van der Waals surface area contributed by atoms with E-state index in [4.69, 9.17) is 10.8 Å². The number of aliphatic hydroxyl groups is 1. The molecule has 1 aliphatic rings. The minimum absolute atomic E-state index is 0.0713. The lowest BCUT2D eigenvalue weighted by Gasteiger charge is -2.41. The lowest BCUT2D eigenvalue weighted by atomic mass is 9.96. The van der Waals surface area contributed by atoms with Gasteiger partial charge in [0.2, 0.25) is 0 Å². The van der Waals surface area contributed by atoms with Crippen LogP contribution in [-0.2, 0) is 0 Å². The molecule has 1 saturated heterocycles. The van der Waals surface area contributed by atoms with Crippen LogP contribution in [0.25, 0.3) is 11.1 Å². The summed E-state index contributed by atoms with van der Waals surface area (Å²) < 4.78 is 27.4. The Morgan fingerprint density at radius 1 is 1.10 bits per heavy atom. The molecule has 1 aliphatic heterocycles. The van der Waals surface area contributed by atoms with Crippen molar-refractivity contribution in [1.29, 1.82) is 0 Å². The van der Waals surface area contributed by atoms with Crippen molar-refractivity contribution in [1.82, 2.24) is 0 Å². The molecule has 0 radical (unpaired) electrons. The molecular formula is C16H16F2N2O. The molecule has 2 aromatic carbocycles. The van der Waals surface area contributed by atoms with Crippen molar-refractivity contribution in [3.05, 3.63) is 48.0 Å². The summed E-state index contributed by atoms with van der Waals surface area (Å²) in [6.07, 6.45) is 0. The molecule has 1 fully saturated rings. The molecule has 0 unspecified atom stereocenters. The number of anilines is 2. The molecule has 0 saturated carbocycles. The SMILES string of the molecule is Nc1cc(-c2ccccc2N2CC(CO)C2)c(F)cc1F. The first-order valence-corrected chi connectivity index (χ1v) is 6.80. The zero-order valence-electron chi connectivity index (χ0n) is 11.4. The Hall–Kier alpha value is -2.14. The molecule has 3 N–H and O–H groups in total. The zero-order valence-corrected chi connectivity index (χ0v) is 11.4. The number of nitrogens with zero attached hydrogens (tertiary/aromatic N) is 1. The number of hydrogen-bond acceptors (Lipinski definition) is 3. The molecule has 0 aromatic heterocycles. The molecule has 0 aliphatic carbocycles. The number of aliphatic hydroxyl groups excluding tert-OH is 1. The van der Waals surface area contributed by atoms with Gasteiger partial charge < -0.3 is 15.7 Å². The summed E-state index contributed by atoms with van der Waals surface area (Å²) in [5.41, 5.74) is 7.32. The van der Waals surface area contributed by atoms with Gasteiger partial charge >= 0.3 is 0 Å². The maximum Gasteiger partial charge on any atom is 0.149 e. The van der Waals surface area contributed by atoms with Gasteiger partial charge in [0.05, 0.1) is 5.69 Å². The number of halogens is 2. The van der Waals surface area contributed by atoms with Crippen LogP contribution in [0.1, 0.15) is 0 Å². The molecule has 0 spiro atoms. The van der Waals surface area contributed by atoms with Crippen LogP contribution in [0.4, 0.5) is 20.2 Å². The van der Waals surface area contributed by atoms with Gasteiger partial charge in [-0.1, -0.05) is 18.2 Å². The van der Waals surface area contributed by atoms with Crippen molar-refractivity contribution in [3.8, 4) is 11.1 Å². The molecule has 21 heavy (non-hydrogen) atoms. The molecule has 3 rings (SSSR count). The summed E-state index contributed by atoms with van der Waals surface area (Å²) in [5, 5.41) is 9.10. The summed E-state index contributed by atoms with van der Waals surface area (Å²) in [5.74, 6) is -1.13. The van der Waals surface area contributed by atoms with Crippen LogP contribution in [0.5, 0.6) is 0 Å². The minimum Gasteiger partial charge on any atom is -0.396 e. The number of rotatable bonds is 3. The summed E-state index contributed by atoms with van der Waals surface area (Å²) in [4.78, 5) is 2.06. The quantitative estimate of drug-likeness (QED) is 0.854. The third-order valence-corrected chi connectivity index (χ3v) is 3.84. The second kappa shape index (κ2) is 5.33. The predicted molar refractivity (Wildman–Crippen MR) is 79.0 cm³/mol. The van der Waals surface area contributed by atoms with E-state index in [2.05, 4.69) is 4.90 Å². The normalized spacial score (nSPS) is 15.1. The Morgan fingerprint density at radius 3 is 2.52 bits per heavy atom. The highest BCUT2D eigenvalue weighted by Gasteiger charge is 2.28. The molecule has 2 aromatic rings. The number of para-hydroxylation sites is 1. The van der Waals surface area contributed by atoms with Crippen molar-refractivity contribution in [3.63, 3.8) is 0 Å². The van der Waals surface area contributed by atoms with E-state index in [1.54, 1.807) is 12.1 Å². The maximum atomic E-state index is 14.1. The zero-order chi connectivity index (χ0) is 15.0. The first-order chi connectivity index (χ1) is 10.1. The summed E-state index contributed by atoms with van der Waals surface area (Å²) in [6.45, 7) is 1.61. The molecule has 1 heterocycles. The highest BCUT2D eigenvalue weighted by molar-refractivity contribution is 5.81. The van der Waals surface area contributed by atoms with Gasteiger partial charge in [-0.15, -0.1) is 0 Å². The maximum absolute atomic E-state index is 14.1. The molecule has 0 atom stereocenters. The fourth-order valence-corrected chi connectivity index (χ4v) is 2.63. The van der Waals surface area contributed by atoms with Gasteiger partial charge in [0.15, 0.2) is 0 Å². The monoisotopic (exact) mass is 290 g/mol. The Kier molecular flexibility index (Phi) is 3.51. The van der Waals surface area contributed by atoms with Gasteiger partial charge in [-0.2, -0.15) is 0 Å². The summed E-state index contributed by atoms with van der Waals surface area (Å²) >= 11 is 0. The van der Waals surface area contributed by atoms with Crippen LogP contribution in [0.15, 0.2) is 36.4 Å². The van der Waals surface area contributed by atoms with E-state index in [-0.39, 0.29) is 23.8 Å². The topological polar surface area (TPSA) is 49.5 Å². The summed E-state index contributed by atoms with van der Waals surface area (Å²) in [6, 6.07) is 9.50. The van der Waals surface area contributed by atoms with E-state index in [1.165, 1.54) is 6.07 Å². The molecule has 3 nitrogen and oxygen atoms in total. The third-order valence-electron chi connectivity index (χ3n) is 3.84. The van der Waals surface area contributed by atoms with Crippen molar-refractivity contribution in [2.24, 2.45) is 5.92 Å². The highest BCUT2D eigenvalue weighted by atomic mass is 19.1. The van der Waals surface area contributed by atoms with Crippen LogP contribution in [0.2, 0.25) is 0 Å². The van der Waals surface area contributed by atoms with E-state index in [1.807, 2.05) is 12.1 Å². The smallest absolute Gasteiger partial charge is 0.149 e. The van der Waals surface area contributed by atoms with E-state index in [0.29, 0.717) is 5.56 Å². The van der Waals surface area contributed by atoms with Crippen LogP contribution in [0, 0.1) is 17.6 Å². The fraction of sp³-hybridized carbons (Fsp3) is 0.250. The van der Waals surface area contributed by atoms with Gasteiger partial charge in [0, 0.05) is 48.5 Å². The molecule has 0 bridgehead atoms. The second-order valence-corrected chi connectivity index (χ2v) is 5.32. The van der Waals surface area contributed by atoms with Gasteiger partial charge in [-0.05, 0) is 12.1 Å². The van der Waals surface area contributed by atoms with Crippen molar-refractivity contribution < 1.29 is 13.9 Å². The first-order valence-electron chi connectivity index (χ1n) is 6.80. The number of nitrogens with two attached hydrogens (primary N) is 1. The molecule has 110 valence electrons. The van der Waals surface area contributed by atoms with Gasteiger partial charge in [0.1, 0.15) is 11.6 Å². The largest absolute Gasteiger partial charge is 0.396 e. The number of benzene rings is 2. The van der Waals surface area contributed by atoms with Crippen LogP contribution < -0.4 is 10.6 Å². The number of nitrogen functional groups attached to an aromatic ring is 1. The molecule has 5 heteroatoms. The number of hydrogen-bond donors (Lipinski definition) is 2. The second-order valence-electron chi connectivity index (χ2n) is 5.32.